The number of ether oxygens (including phenoxy) is 1. The van der Waals surface area contributed by atoms with E-state index in [4.69, 9.17) is 10.1 Å². The Morgan fingerprint density at radius 3 is 2.11 bits per heavy atom. The third-order valence-electron chi connectivity index (χ3n) is 6.34. The molecule has 1 aliphatic heterocycles. The molecule has 8 nitrogen and oxygen atoms in total. The van der Waals surface area contributed by atoms with Gasteiger partial charge in [-0.3, -0.25) is 10.2 Å². The van der Waals surface area contributed by atoms with E-state index in [9.17, 15) is 18.3 Å². The highest BCUT2D eigenvalue weighted by Crippen LogP contribution is 2.40. The average molecular weight is 516 g/mol. The standard InChI is InChI=1S/C27H37N3O5S/c1-9-35-22-12-17-14-30(25(28)18(17)13-23(22)36(33,34)29-8)15-21(31)16-10-19(26(2,3)4)24(32)20(11-16)27(5,6)7/h10-13,28-29,32H,9,14-15H2,1-8H3. The van der Waals surface area contributed by atoms with E-state index >= 15 is 0 Å². The first-order valence-corrected chi connectivity index (χ1v) is 13.5. The Bertz CT molecular complexity index is 1280. The number of phenolic OH excluding ortho intramolecular Hbond substituents is 1. The molecule has 196 valence electrons. The number of ketones is 1. The zero-order valence-electron chi connectivity index (χ0n) is 22.4. The van der Waals surface area contributed by atoms with E-state index in [1.54, 1.807) is 30.0 Å². The number of amidine groups is 1. The van der Waals surface area contributed by atoms with Crippen molar-refractivity contribution in [2.45, 2.75) is 70.7 Å². The summed E-state index contributed by atoms with van der Waals surface area (Å²) in [5.74, 6) is 0.320. The maximum absolute atomic E-state index is 13.5. The van der Waals surface area contributed by atoms with Crippen LogP contribution in [0.15, 0.2) is 29.2 Å². The highest BCUT2D eigenvalue weighted by molar-refractivity contribution is 7.89. The van der Waals surface area contributed by atoms with E-state index in [1.807, 2.05) is 41.5 Å². The van der Waals surface area contributed by atoms with Crippen LogP contribution in [0.2, 0.25) is 0 Å². The van der Waals surface area contributed by atoms with E-state index in [2.05, 4.69) is 4.72 Å². The van der Waals surface area contributed by atoms with E-state index < -0.39 is 10.0 Å². The normalized spacial score (nSPS) is 14.2. The molecule has 0 aromatic heterocycles. The molecule has 0 amide bonds. The molecule has 0 radical (unpaired) electrons. The summed E-state index contributed by atoms with van der Waals surface area (Å²) >= 11 is 0. The summed E-state index contributed by atoms with van der Waals surface area (Å²) in [6.07, 6.45) is 0. The van der Waals surface area contributed by atoms with Crippen molar-refractivity contribution >= 4 is 21.6 Å². The summed E-state index contributed by atoms with van der Waals surface area (Å²) in [4.78, 5) is 15.0. The summed E-state index contributed by atoms with van der Waals surface area (Å²) in [5, 5.41) is 19.6. The molecule has 0 aliphatic carbocycles. The largest absolute Gasteiger partial charge is 0.507 e. The maximum Gasteiger partial charge on any atom is 0.244 e. The fourth-order valence-corrected chi connectivity index (χ4v) is 5.21. The zero-order valence-corrected chi connectivity index (χ0v) is 23.2. The second-order valence-corrected chi connectivity index (χ2v) is 13.0. The van der Waals surface area contributed by atoms with Crippen molar-refractivity contribution in [3.8, 4) is 11.5 Å². The van der Waals surface area contributed by atoms with E-state index in [0.717, 1.165) is 5.56 Å². The predicted octanol–water partition coefficient (Wildman–Crippen LogP) is 4.32. The average Bonchev–Trinajstić information content (AvgIpc) is 3.06. The number of carbonyl (C=O) groups is 1. The number of Topliss-reactive ketones (excluding diaryl/α,β-unsaturated/α-hetero) is 1. The molecule has 0 unspecified atom stereocenters. The van der Waals surface area contributed by atoms with Gasteiger partial charge in [0, 0.05) is 28.8 Å². The Morgan fingerprint density at radius 2 is 1.64 bits per heavy atom. The highest BCUT2D eigenvalue weighted by atomic mass is 32.2. The number of hydrogen-bond donors (Lipinski definition) is 3. The monoisotopic (exact) mass is 515 g/mol. The van der Waals surface area contributed by atoms with Gasteiger partial charge in [0.05, 0.1) is 13.2 Å². The lowest BCUT2D eigenvalue weighted by molar-refractivity contribution is 0.0962. The second kappa shape index (κ2) is 9.52. The molecule has 2 aromatic rings. The minimum atomic E-state index is -3.80. The Hall–Kier alpha value is -2.91. The van der Waals surface area contributed by atoms with Crippen molar-refractivity contribution in [3.63, 3.8) is 0 Å². The van der Waals surface area contributed by atoms with Crippen molar-refractivity contribution in [3.05, 3.63) is 52.1 Å². The number of benzene rings is 2. The first-order valence-electron chi connectivity index (χ1n) is 12.0. The third-order valence-corrected chi connectivity index (χ3v) is 7.78. The van der Waals surface area contributed by atoms with Gasteiger partial charge in [-0.2, -0.15) is 0 Å². The van der Waals surface area contributed by atoms with E-state index in [1.165, 1.54) is 13.1 Å². The summed E-state index contributed by atoms with van der Waals surface area (Å²) in [6, 6.07) is 6.56. The number of phenols is 1. The molecule has 36 heavy (non-hydrogen) atoms. The number of rotatable bonds is 7. The molecular weight excluding hydrogens is 478 g/mol. The lowest BCUT2D eigenvalue weighted by Crippen LogP contribution is -2.31. The number of fused-ring (bicyclic) bond motifs is 1. The minimum absolute atomic E-state index is 0.0355. The first-order chi connectivity index (χ1) is 16.5. The van der Waals surface area contributed by atoms with Crippen LogP contribution in [0, 0.1) is 5.41 Å². The van der Waals surface area contributed by atoms with Crippen molar-refractivity contribution in [1.29, 1.82) is 5.41 Å². The van der Waals surface area contributed by atoms with Crippen LogP contribution in [0.3, 0.4) is 0 Å². The molecule has 0 saturated carbocycles. The van der Waals surface area contributed by atoms with E-state index in [0.29, 0.717) is 22.3 Å². The minimum Gasteiger partial charge on any atom is -0.507 e. The van der Waals surface area contributed by atoms with E-state index in [-0.39, 0.29) is 58.5 Å². The van der Waals surface area contributed by atoms with Crippen molar-refractivity contribution in [2.75, 3.05) is 20.2 Å². The van der Waals surface area contributed by atoms with Gasteiger partial charge in [-0.05, 0) is 54.6 Å². The lowest BCUT2D eigenvalue weighted by Gasteiger charge is -2.28. The second-order valence-electron chi connectivity index (χ2n) is 11.1. The quantitative estimate of drug-likeness (QED) is 0.473. The molecule has 0 spiro atoms. The van der Waals surface area contributed by atoms with Gasteiger partial charge in [0.2, 0.25) is 10.0 Å². The van der Waals surface area contributed by atoms with Gasteiger partial charge in [0.15, 0.2) is 5.78 Å². The summed E-state index contributed by atoms with van der Waals surface area (Å²) < 4.78 is 33.0. The SMILES string of the molecule is CCOc1cc2c(cc1S(=O)(=O)NC)C(=N)N(CC(=O)c1cc(C(C)(C)C)c(O)c(C(C)(C)C)c1)C2. The lowest BCUT2D eigenvalue weighted by atomic mass is 9.78. The van der Waals surface area contributed by atoms with Gasteiger partial charge in [0.1, 0.15) is 22.2 Å². The number of nitrogens with one attached hydrogen (secondary N) is 2. The molecule has 2 aromatic carbocycles. The molecule has 3 N–H and O–H groups in total. The van der Waals surface area contributed by atoms with Crippen molar-refractivity contribution < 1.29 is 23.1 Å². The van der Waals surface area contributed by atoms with Crippen LogP contribution in [-0.2, 0) is 27.4 Å². The van der Waals surface area contributed by atoms with Crippen LogP contribution >= 0.6 is 0 Å². The van der Waals surface area contributed by atoms with Gasteiger partial charge < -0.3 is 14.7 Å². The number of hydrogen-bond acceptors (Lipinski definition) is 6. The summed E-state index contributed by atoms with van der Waals surface area (Å²) in [5.41, 5.74) is 2.30. The van der Waals surface area contributed by atoms with Crippen molar-refractivity contribution in [2.24, 2.45) is 0 Å². The summed E-state index contributed by atoms with van der Waals surface area (Å²) in [6.45, 7) is 14.2. The van der Waals surface area contributed by atoms with Gasteiger partial charge in [-0.25, -0.2) is 13.1 Å². The van der Waals surface area contributed by atoms with Gasteiger partial charge >= 0.3 is 0 Å². The molecule has 0 atom stereocenters. The fourth-order valence-electron chi connectivity index (χ4n) is 4.34. The van der Waals surface area contributed by atoms with Gasteiger partial charge in [0.25, 0.3) is 0 Å². The number of sulfonamides is 1. The molecule has 0 fully saturated rings. The van der Waals surface area contributed by atoms with Crippen LogP contribution in [0.5, 0.6) is 11.5 Å². The van der Waals surface area contributed by atoms with Crippen LogP contribution in [-0.4, -0.2) is 50.2 Å². The smallest absolute Gasteiger partial charge is 0.244 e. The molecular formula is C27H37N3O5S. The molecule has 1 aliphatic rings. The molecule has 1 heterocycles. The molecule has 3 rings (SSSR count). The fraction of sp³-hybridized carbons (Fsp3) is 0.481. The molecule has 0 bridgehead atoms. The Kier molecular flexibility index (Phi) is 7.32. The van der Waals surface area contributed by atoms with Gasteiger partial charge in [-0.1, -0.05) is 41.5 Å². The topological polar surface area (TPSA) is 120 Å². The maximum atomic E-state index is 13.5. The van der Waals surface area contributed by atoms with Crippen molar-refractivity contribution in [1.82, 2.24) is 9.62 Å². The van der Waals surface area contributed by atoms with Crippen LogP contribution in [0.4, 0.5) is 0 Å². The Balaban J connectivity index is 1.99. The number of aromatic hydroxyl groups is 1. The molecule has 9 heteroatoms. The summed E-state index contributed by atoms with van der Waals surface area (Å²) in [7, 11) is -2.48. The number of nitrogens with zero attached hydrogens (tertiary/aromatic N) is 1. The molecule has 0 saturated heterocycles. The van der Waals surface area contributed by atoms with Crippen LogP contribution < -0.4 is 9.46 Å². The first kappa shape index (κ1) is 27.7. The van der Waals surface area contributed by atoms with Gasteiger partial charge in [-0.15, -0.1) is 0 Å². The Morgan fingerprint density at radius 1 is 1.08 bits per heavy atom. The number of carbonyl (C=O) groups excluding carboxylic acids is 1. The highest BCUT2D eigenvalue weighted by Gasteiger charge is 2.32. The van der Waals surface area contributed by atoms with Crippen LogP contribution in [0.1, 0.15) is 81.1 Å². The third kappa shape index (κ3) is 5.27. The van der Waals surface area contributed by atoms with Crippen LogP contribution in [0.25, 0.3) is 0 Å². The predicted molar refractivity (Wildman–Crippen MR) is 141 cm³/mol. The zero-order chi connectivity index (χ0) is 27.2. The Labute approximate surface area is 214 Å².